The van der Waals surface area contributed by atoms with Crippen molar-refractivity contribution in [2.45, 2.75) is 24.0 Å². The van der Waals surface area contributed by atoms with Crippen LogP contribution < -0.4 is 16.0 Å². The Morgan fingerprint density at radius 2 is 1.45 bits per heavy atom. The molecule has 0 fully saturated rings. The van der Waals surface area contributed by atoms with E-state index >= 15 is 0 Å². The van der Waals surface area contributed by atoms with E-state index in [1.807, 2.05) is 79.7 Å². The summed E-state index contributed by atoms with van der Waals surface area (Å²) in [5, 5.41) is 11.8. The number of carbonyl (C=O) groups is 3. The van der Waals surface area contributed by atoms with E-state index in [2.05, 4.69) is 21.1 Å². The van der Waals surface area contributed by atoms with Crippen molar-refractivity contribution in [3.8, 4) is 0 Å². The standard InChI is InChI=1S/C35H30N4O4S/c1-23-13-15-25(16-14-23)22-30(37-33(40)27-11-7-4-8-12-27)34(41)36-28-17-19-29(20-18-28)44-32(26-9-5-3-6-10-26)35(42)38-31-21-24(2)43-39-31/h3-22,32H,1-2H3,(H,36,41)(H,37,40)(H,38,39,42)/b30-22-. The number of anilines is 2. The van der Waals surface area contributed by atoms with E-state index in [1.54, 1.807) is 55.5 Å². The molecule has 3 N–H and O–H groups in total. The smallest absolute Gasteiger partial charge is 0.272 e. The molecule has 1 unspecified atom stereocenters. The van der Waals surface area contributed by atoms with Crippen LogP contribution in [0.1, 0.15) is 38.1 Å². The fraction of sp³-hybridized carbons (Fsp3) is 0.0857. The molecule has 5 aromatic rings. The van der Waals surface area contributed by atoms with Crippen LogP contribution in [-0.2, 0) is 9.59 Å². The third-order valence-electron chi connectivity index (χ3n) is 6.50. The quantitative estimate of drug-likeness (QED) is 0.115. The van der Waals surface area contributed by atoms with Crippen LogP contribution in [0.15, 0.2) is 130 Å². The van der Waals surface area contributed by atoms with E-state index in [0.29, 0.717) is 22.8 Å². The molecular weight excluding hydrogens is 572 g/mol. The highest BCUT2D eigenvalue weighted by Crippen LogP contribution is 2.36. The van der Waals surface area contributed by atoms with Crippen LogP contribution in [0.4, 0.5) is 11.5 Å². The van der Waals surface area contributed by atoms with Crippen molar-refractivity contribution in [2.24, 2.45) is 0 Å². The second kappa shape index (κ2) is 14.2. The van der Waals surface area contributed by atoms with Gasteiger partial charge in [-0.2, -0.15) is 0 Å². The first-order valence-corrected chi connectivity index (χ1v) is 14.7. The lowest BCUT2D eigenvalue weighted by Crippen LogP contribution is -2.30. The van der Waals surface area contributed by atoms with Gasteiger partial charge in [0.05, 0.1) is 0 Å². The maximum Gasteiger partial charge on any atom is 0.272 e. The number of amides is 3. The Balaban J connectivity index is 1.32. The minimum atomic E-state index is -0.564. The summed E-state index contributed by atoms with van der Waals surface area (Å²) in [5.74, 6) is -0.164. The van der Waals surface area contributed by atoms with Gasteiger partial charge < -0.3 is 20.5 Å². The number of rotatable bonds is 10. The molecule has 44 heavy (non-hydrogen) atoms. The molecule has 1 aromatic heterocycles. The van der Waals surface area contributed by atoms with Crippen molar-refractivity contribution in [1.29, 1.82) is 0 Å². The summed E-state index contributed by atoms with van der Waals surface area (Å²) in [7, 11) is 0. The normalized spacial score (nSPS) is 11.8. The Labute approximate surface area is 259 Å². The summed E-state index contributed by atoms with van der Waals surface area (Å²) in [6.45, 7) is 3.73. The summed E-state index contributed by atoms with van der Waals surface area (Å²) in [6.07, 6.45) is 1.64. The molecule has 1 heterocycles. The lowest BCUT2D eigenvalue weighted by atomic mass is 10.1. The number of nitrogens with zero attached hydrogens (tertiary/aromatic N) is 1. The predicted octanol–water partition coefficient (Wildman–Crippen LogP) is 7.17. The van der Waals surface area contributed by atoms with Crippen LogP contribution in [-0.4, -0.2) is 22.9 Å². The summed E-state index contributed by atoms with van der Waals surface area (Å²) in [4.78, 5) is 40.4. The van der Waals surface area contributed by atoms with Gasteiger partial charge >= 0.3 is 0 Å². The highest BCUT2D eigenvalue weighted by atomic mass is 32.2. The molecule has 9 heteroatoms. The van der Waals surface area contributed by atoms with Gasteiger partial charge in [-0.25, -0.2) is 0 Å². The zero-order chi connectivity index (χ0) is 30.9. The lowest BCUT2D eigenvalue weighted by molar-refractivity contribution is -0.116. The summed E-state index contributed by atoms with van der Waals surface area (Å²) >= 11 is 1.37. The van der Waals surface area contributed by atoms with E-state index in [-0.39, 0.29) is 11.6 Å². The van der Waals surface area contributed by atoms with Crippen molar-refractivity contribution in [2.75, 3.05) is 10.6 Å². The third-order valence-corrected chi connectivity index (χ3v) is 7.77. The number of nitrogens with one attached hydrogen (secondary N) is 3. The minimum Gasteiger partial charge on any atom is -0.360 e. The molecule has 0 aliphatic carbocycles. The molecule has 0 radical (unpaired) electrons. The van der Waals surface area contributed by atoms with Gasteiger partial charge in [0.1, 0.15) is 16.7 Å². The number of hydrogen-bond acceptors (Lipinski definition) is 6. The van der Waals surface area contributed by atoms with Gasteiger partial charge in [0.25, 0.3) is 11.8 Å². The third kappa shape index (κ3) is 8.11. The molecule has 5 rings (SSSR count). The topological polar surface area (TPSA) is 113 Å². The van der Waals surface area contributed by atoms with Crippen molar-refractivity contribution in [3.05, 3.63) is 149 Å². The Bertz CT molecular complexity index is 1770. The minimum absolute atomic E-state index is 0.102. The summed E-state index contributed by atoms with van der Waals surface area (Å²) in [6, 6.07) is 34.6. The largest absolute Gasteiger partial charge is 0.360 e. The second-order valence-electron chi connectivity index (χ2n) is 9.99. The number of benzene rings is 4. The van der Waals surface area contributed by atoms with Gasteiger partial charge in [0.15, 0.2) is 5.82 Å². The van der Waals surface area contributed by atoms with E-state index in [4.69, 9.17) is 4.52 Å². The van der Waals surface area contributed by atoms with Gasteiger partial charge in [-0.05, 0) is 67.4 Å². The average molecular weight is 603 g/mol. The fourth-order valence-corrected chi connectivity index (χ4v) is 5.27. The number of carbonyl (C=O) groups excluding carboxylic acids is 3. The van der Waals surface area contributed by atoms with Crippen molar-refractivity contribution >= 4 is 47.1 Å². The van der Waals surface area contributed by atoms with Crippen LogP contribution in [0.5, 0.6) is 0 Å². The Morgan fingerprint density at radius 1 is 0.795 bits per heavy atom. The van der Waals surface area contributed by atoms with Crippen molar-refractivity contribution in [3.63, 3.8) is 0 Å². The first kappa shape index (κ1) is 30.1. The first-order chi connectivity index (χ1) is 21.3. The fourth-order valence-electron chi connectivity index (χ4n) is 4.24. The van der Waals surface area contributed by atoms with Gasteiger partial charge in [-0.1, -0.05) is 83.5 Å². The molecule has 1 atom stereocenters. The average Bonchev–Trinajstić information content (AvgIpc) is 3.46. The van der Waals surface area contributed by atoms with Crippen LogP contribution in [0.25, 0.3) is 6.08 Å². The van der Waals surface area contributed by atoms with Gasteiger partial charge in [0.2, 0.25) is 5.91 Å². The van der Waals surface area contributed by atoms with Gasteiger partial charge in [-0.15, -0.1) is 11.8 Å². The molecule has 4 aromatic carbocycles. The van der Waals surface area contributed by atoms with E-state index < -0.39 is 17.1 Å². The molecule has 3 amide bonds. The zero-order valence-corrected chi connectivity index (χ0v) is 24.9. The molecule has 0 saturated carbocycles. The molecule has 0 aliphatic heterocycles. The number of thioether (sulfide) groups is 1. The van der Waals surface area contributed by atoms with Gasteiger partial charge in [-0.3, -0.25) is 14.4 Å². The SMILES string of the molecule is Cc1ccc(/C=C(\NC(=O)c2ccccc2)C(=O)Nc2ccc(SC(C(=O)Nc3cc(C)on3)c3ccccc3)cc2)cc1. The molecular formula is C35H30N4O4S. The predicted molar refractivity (Wildman–Crippen MR) is 173 cm³/mol. The monoisotopic (exact) mass is 602 g/mol. The van der Waals surface area contributed by atoms with Crippen LogP contribution >= 0.6 is 11.8 Å². The number of aryl methyl sites for hydroxylation is 2. The van der Waals surface area contributed by atoms with Crippen LogP contribution in [0, 0.1) is 13.8 Å². The highest BCUT2D eigenvalue weighted by Gasteiger charge is 2.23. The first-order valence-electron chi connectivity index (χ1n) is 13.9. The van der Waals surface area contributed by atoms with Crippen LogP contribution in [0.2, 0.25) is 0 Å². The Kier molecular flexibility index (Phi) is 9.68. The number of hydrogen-bond donors (Lipinski definition) is 3. The Hall–Kier alpha value is -5.41. The van der Waals surface area contributed by atoms with E-state index in [1.165, 1.54) is 11.8 Å². The summed E-state index contributed by atoms with van der Waals surface area (Å²) in [5.41, 5.74) is 3.75. The highest BCUT2D eigenvalue weighted by molar-refractivity contribution is 8.00. The van der Waals surface area contributed by atoms with E-state index in [0.717, 1.165) is 21.6 Å². The molecule has 8 nitrogen and oxygen atoms in total. The molecule has 0 spiro atoms. The number of aromatic nitrogens is 1. The molecule has 0 bridgehead atoms. The summed E-state index contributed by atoms with van der Waals surface area (Å²) < 4.78 is 5.08. The zero-order valence-electron chi connectivity index (χ0n) is 24.1. The maximum absolute atomic E-state index is 13.4. The molecule has 0 aliphatic rings. The van der Waals surface area contributed by atoms with Crippen molar-refractivity contribution in [1.82, 2.24) is 10.5 Å². The lowest BCUT2D eigenvalue weighted by Gasteiger charge is -2.16. The van der Waals surface area contributed by atoms with Crippen molar-refractivity contribution < 1.29 is 18.9 Å². The van der Waals surface area contributed by atoms with Gasteiger partial charge in [0, 0.05) is 22.2 Å². The second-order valence-corrected chi connectivity index (χ2v) is 11.2. The Morgan fingerprint density at radius 3 is 2.09 bits per heavy atom. The van der Waals surface area contributed by atoms with E-state index in [9.17, 15) is 14.4 Å². The molecule has 0 saturated heterocycles. The van der Waals surface area contributed by atoms with Crippen LogP contribution in [0.3, 0.4) is 0 Å². The maximum atomic E-state index is 13.4. The molecule has 220 valence electrons.